The van der Waals surface area contributed by atoms with Crippen LogP contribution >= 0.6 is 0 Å². The van der Waals surface area contributed by atoms with Gasteiger partial charge in [-0.2, -0.15) is 0 Å². The summed E-state index contributed by atoms with van der Waals surface area (Å²) >= 11 is 0. The Hall–Kier alpha value is -1.06. The lowest BCUT2D eigenvalue weighted by Gasteiger charge is -2.38. The van der Waals surface area contributed by atoms with E-state index in [9.17, 15) is 5.11 Å². The van der Waals surface area contributed by atoms with E-state index in [1.165, 1.54) is 0 Å². The first-order valence-corrected chi connectivity index (χ1v) is 5.03. The van der Waals surface area contributed by atoms with Crippen molar-refractivity contribution in [3.8, 4) is 5.75 Å². The average molecular weight is 208 g/mol. The minimum absolute atomic E-state index is 0.353. The van der Waals surface area contributed by atoms with Crippen LogP contribution in [-0.4, -0.2) is 25.4 Å². The van der Waals surface area contributed by atoms with E-state index in [4.69, 9.17) is 9.47 Å². The molecule has 1 aliphatic heterocycles. The number of methoxy groups -OCH3 is 1. The molecule has 3 nitrogen and oxygen atoms in total. The highest BCUT2D eigenvalue weighted by atomic mass is 16.5. The number of hydrogen-bond donors (Lipinski definition) is 1. The van der Waals surface area contributed by atoms with Gasteiger partial charge in [0.2, 0.25) is 0 Å². The van der Waals surface area contributed by atoms with Crippen molar-refractivity contribution in [1.29, 1.82) is 0 Å². The van der Waals surface area contributed by atoms with Crippen LogP contribution in [0.4, 0.5) is 0 Å². The molecule has 0 radical (unpaired) electrons. The molecule has 1 heterocycles. The quantitative estimate of drug-likeness (QED) is 0.801. The summed E-state index contributed by atoms with van der Waals surface area (Å²) in [7, 11) is 1.63. The van der Waals surface area contributed by atoms with Crippen LogP contribution in [0, 0.1) is 13.8 Å². The van der Waals surface area contributed by atoms with Crippen LogP contribution in [0.25, 0.3) is 0 Å². The number of aliphatic hydroxyl groups is 1. The number of ether oxygens (including phenoxy) is 2. The van der Waals surface area contributed by atoms with Gasteiger partial charge in [0.05, 0.1) is 20.3 Å². The molecule has 1 fully saturated rings. The van der Waals surface area contributed by atoms with Crippen LogP contribution in [0.2, 0.25) is 0 Å². The zero-order valence-electron chi connectivity index (χ0n) is 9.33. The summed E-state index contributed by atoms with van der Waals surface area (Å²) in [5.74, 6) is 0.770. The van der Waals surface area contributed by atoms with E-state index in [0.29, 0.717) is 13.2 Å². The molecule has 0 saturated carbocycles. The van der Waals surface area contributed by atoms with Gasteiger partial charge < -0.3 is 14.6 Å². The zero-order valence-corrected chi connectivity index (χ0v) is 9.33. The molecule has 2 rings (SSSR count). The van der Waals surface area contributed by atoms with Crippen LogP contribution < -0.4 is 4.74 Å². The van der Waals surface area contributed by atoms with E-state index >= 15 is 0 Å². The lowest BCUT2D eigenvalue weighted by molar-refractivity contribution is -0.185. The molecule has 0 spiro atoms. The van der Waals surface area contributed by atoms with Gasteiger partial charge in [0.15, 0.2) is 0 Å². The molecule has 0 aromatic heterocycles. The molecule has 82 valence electrons. The summed E-state index contributed by atoms with van der Waals surface area (Å²) < 4.78 is 10.4. The fourth-order valence-corrected chi connectivity index (χ4v) is 2.02. The van der Waals surface area contributed by atoms with Crippen LogP contribution in [0.5, 0.6) is 5.75 Å². The molecule has 1 saturated heterocycles. The van der Waals surface area contributed by atoms with E-state index in [1.807, 2.05) is 26.0 Å². The summed E-state index contributed by atoms with van der Waals surface area (Å²) in [6, 6.07) is 4.01. The highest BCUT2D eigenvalue weighted by molar-refractivity contribution is 5.47. The van der Waals surface area contributed by atoms with Crippen LogP contribution in [0.15, 0.2) is 12.1 Å². The van der Waals surface area contributed by atoms with Crippen molar-refractivity contribution in [2.24, 2.45) is 0 Å². The standard InChI is InChI=1S/C12H16O3/c1-8-4-9(2)11(14-3)10(5-8)12(13)6-15-7-12/h4-5,13H,6-7H2,1-3H3. The Morgan fingerprint density at radius 3 is 2.47 bits per heavy atom. The van der Waals surface area contributed by atoms with Crippen LogP contribution in [0.1, 0.15) is 16.7 Å². The average Bonchev–Trinajstić information content (AvgIpc) is 2.13. The Morgan fingerprint density at radius 2 is 2.00 bits per heavy atom. The summed E-state index contributed by atoms with van der Waals surface area (Å²) in [5, 5.41) is 10.2. The molecule has 0 bridgehead atoms. The fourth-order valence-electron chi connectivity index (χ4n) is 2.02. The Labute approximate surface area is 89.6 Å². The highest BCUT2D eigenvalue weighted by Crippen LogP contribution is 2.38. The van der Waals surface area contributed by atoms with E-state index < -0.39 is 5.60 Å². The molecule has 0 amide bonds. The van der Waals surface area contributed by atoms with E-state index in [-0.39, 0.29) is 0 Å². The zero-order chi connectivity index (χ0) is 11.1. The Kier molecular flexibility index (Phi) is 2.44. The second-order valence-corrected chi connectivity index (χ2v) is 4.19. The molecule has 3 heteroatoms. The van der Waals surface area contributed by atoms with Crippen molar-refractivity contribution >= 4 is 0 Å². The Morgan fingerprint density at radius 1 is 1.33 bits per heavy atom. The van der Waals surface area contributed by atoms with Crippen molar-refractivity contribution in [2.75, 3.05) is 20.3 Å². The van der Waals surface area contributed by atoms with Crippen molar-refractivity contribution in [1.82, 2.24) is 0 Å². The molecule has 1 aliphatic rings. The predicted octanol–water partition coefficient (Wildman–Crippen LogP) is 1.53. The lowest BCUT2D eigenvalue weighted by Crippen LogP contribution is -2.46. The molecule has 15 heavy (non-hydrogen) atoms. The van der Waals surface area contributed by atoms with Crippen LogP contribution in [-0.2, 0) is 10.3 Å². The monoisotopic (exact) mass is 208 g/mol. The maximum Gasteiger partial charge on any atom is 0.140 e. The minimum atomic E-state index is -0.859. The van der Waals surface area contributed by atoms with Gasteiger partial charge in [-0.05, 0) is 25.5 Å². The largest absolute Gasteiger partial charge is 0.496 e. The molecule has 1 aromatic rings. The van der Waals surface area contributed by atoms with Gasteiger partial charge in [0.1, 0.15) is 11.4 Å². The first-order valence-electron chi connectivity index (χ1n) is 5.03. The Bertz CT molecular complexity index is 381. The van der Waals surface area contributed by atoms with Crippen molar-refractivity contribution < 1.29 is 14.6 Å². The highest BCUT2D eigenvalue weighted by Gasteiger charge is 2.40. The number of hydrogen-bond acceptors (Lipinski definition) is 3. The van der Waals surface area contributed by atoms with Crippen molar-refractivity contribution in [3.05, 3.63) is 28.8 Å². The summed E-state index contributed by atoms with van der Waals surface area (Å²) in [6.07, 6.45) is 0. The predicted molar refractivity (Wildman–Crippen MR) is 57.2 cm³/mol. The first-order chi connectivity index (χ1) is 7.07. The number of benzene rings is 1. The molecule has 0 aliphatic carbocycles. The van der Waals surface area contributed by atoms with E-state index in [1.54, 1.807) is 7.11 Å². The molecular weight excluding hydrogens is 192 g/mol. The van der Waals surface area contributed by atoms with Gasteiger partial charge >= 0.3 is 0 Å². The van der Waals surface area contributed by atoms with Crippen LogP contribution in [0.3, 0.4) is 0 Å². The molecule has 1 N–H and O–H groups in total. The summed E-state index contributed by atoms with van der Waals surface area (Å²) in [4.78, 5) is 0. The van der Waals surface area contributed by atoms with Gasteiger partial charge in [-0.25, -0.2) is 0 Å². The van der Waals surface area contributed by atoms with Gasteiger partial charge in [0.25, 0.3) is 0 Å². The van der Waals surface area contributed by atoms with E-state index in [0.717, 1.165) is 22.4 Å². The molecule has 0 unspecified atom stereocenters. The normalized spacial score (nSPS) is 18.4. The van der Waals surface area contributed by atoms with Crippen molar-refractivity contribution in [3.63, 3.8) is 0 Å². The van der Waals surface area contributed by atoms with Gasteiger partial charge in [-0.1, -0.05) is 11.6 Å². The number of rotatable bonds is 2. The molecule has 0 atom stereocenters. The third-order valence-corrected chi connectivity index (χ3v) is 2.81. The van der Waals surface area contributed by atoms with E-state index in [2.05, 4.69) is 0 Å². The number of aryl methyl sites for hydroxylation is 2. The lowest BCUT2D eigenvalue weighted by atomic mass is 9.88. The summed E-state index contributed by atoms with van der Waals surface area (Å²) in [5.41, 5.74) is 2.16. The van der Waals surface area contributed by atoms with Gasteiger partial charge in [-0.3, -0.25) is 0 Å². The summed E-state index contributed by atoms with van der Waals surface area (Å²) in [6.45, 7) is 4.70. The van der Waals surface area contributed by atoms with Gasteiger partial charge in [0, 0.05) is 5.56 Å². The second-order valence-electron chi connectivity index (χ2n) is 4.19. The SMILES string of the molecule is COc1c(C)cc(C)cc1C1(O)COC1. The maximum absolute atomic E-state index is 10.2. The molecular formula is C12H16O3. The topological polar surface area (TPSA) is 38.7 Å². The third kappa shape index (κ3) is 1.62. The first kappa shape index (κ1) is 10.5. The second kappa shape index (κ2) is 3.51. The maximum atomic E-state index is 10.2. The van der Waals surface area contributed by atoms with Crippen molar-refractivity contribution in [2.45, 2.75) is 19.4 Å². The fraction of sp³-hybridized carbons (Fsp3) is 0.500. The Balaban J connectivity index is 2.53. The molecule has 1 aromatic carbocycles. The third-order valence-electron chi connectivity index (χ3n) is 2.81. The minimum Gasteiger partial charge on any atom is -0.496 e. The van der Waals surface area contributed by atoms with Gasteiger partial charge in [-0.15, -0.1) is 0 Å². The smallest absolute Gasteiger partial charge is 0.140 e.